The Morgan fingerprint density at radius 2 is 1.82 bits per heavy atom. The Hall–Kier alpha value is -1.86. The number of aliphatic hydroxyl groups is 1. The minimum Gasteiger partial charge on any atom is -0.393 e. The molecule has 1 aliphatic rings. The van der Waals surface area contributed by atoms with E-state index in [9.17, 15) is 14.3 Å². The molecule has 154 valence electrons. The van der Waals surface area contributed by atoms with Gasteiger partial charge in [0, 0.05) is 19.6 Å². The zero-order chi connectivity index (χ0) is 18.5. The number of carbonyl (C=O) groups excluding carboxylic acids is 1. The minimum atomic E-state index is -0.750. The number of carbonyl (C=O) groups is 1. The first-order chi connectivity index (χ1) is 12.5. The highest BCUT2D eigenvalue weighted by atomic mass is 35.5. The molecule has 0 aliphatic carbocycles. The van der Waals surface area contributed by atoms with Gasteiger partial charge in [0.25, 0.3) is 0 Å². The van der Waals surface area contributed by atoms with Gasteiger partial charge in [0.05, 0.1) is 11.8 Å². The summed E-state index contributed by atoms with van der Waals surface area (Å²) in [5, 5.41) is 12.3. The van der Waals surface area contributed by atoms with Crippen LogP contribution in [0.15, 0.2) is 48.5 Å². The number of piperidine rings is 1. The molecule has 1 aliphatic heterocycles. The molecule has 8 heteroatoms. The Labute approximate surface area is 176 Å². The van der Waals surface area contributed by atoms with Crippen molar-refractivity contribution in [2.45, 2.75) is 31.5 Å². The Morgan fingerprint density at radius 3 is 2.43 bits per heavy atom. The first kappa shape index (κ1) is 24.2. The number of aliphatic hydroxyl groups excluding tert-OH is 1. The number of hydrogen-bond donors (Lipinski definition) is 3. The molecule has 28 heavy (non-hydrogen) atoms. The van der Waals surface area contributed by atoms with Crippen LogP contribution in [0.2, 0.25) is 0 Å². The molecule has 0 bridgehead atoms. The molecule has 1 heterocycles. The van der Waals surface area contributed by atoms with Crippen molar-refractivity contribution in [2.75, 3.05) is 18.0 Å². The maximum atomic E-state index is 14.4. The summed E-state index contributed by atoms with van der Waals surface area (Å²) in [7, 11) is 0. The van der Waals surface area contributed by atoms with Crippen molar-refractivity contribution in [1.82, 2.24) is 5.32 Å². The van der Waals surface area contributed by atoms with Gasteiger partial charge in [-0.05, 0) is 36.1 Å². The summed E-state index contributed by atoms with van der Waals surface area (Å²) in [4.78, 5) is 14.1. The van der Waals surface area contributed by atoms with Gasteiger partial charge in [0.1, 0.15) is 11.9 Å². The molecule has 2 aromatic carbocycles. The van der Waals surface area contributed by atoms with Gasteiger partial charge in [-0.2, -0.15) is 0 Å². The van der Waals surface area contributed by atoms with E-state index in [1.165, 1.54) is 6.07 Å². The summed E-state index contributed by atoms with van der Waals surface area (Å²) in [6.45, 7) is 1.50. The lowest BCUT2D eigenvalue weighted by Gasteiger charge is -2.31. The third-order valence-electron chi connectivity index (χ3n) is 4.73. The number of nitrogens with two attached hydrogens (primary N) is 1. The molecule has 4 N–H and O–H groups in total. The van der Waals surface area contributed by atoms with E-state index in [0.717, 1.165) is 5.56 Å². The number of halogens is 3. The first-order valence-electron chi connectivity index (χ1n) is 8.84. The van der Waals surface area contributed by atoms with Gasteiger partial charge in [-0.3, -0.25) is 4.79 Å². The summed E-state index contributed by atoms with van der Waals surface area (Å²) >= 11 is 0. The number of amides is 1. The van der Waals surface area contributed by atoms with Crippen LogP contribution in [0.25, 0.3) is 0 Å². The van der Waals surface area contributed by atoms with E-state index in [0.29, 0.717) is 37.2 Å². The van der Waals surface area contributed by atoms with E-state index in [4.69, 9.17) is 5.73 Å². The molecule has 3 rings (SSSR count). The highest BCUT2D eigenvalue weighted by molar-refractivity contribution is 5.85. The van der Waals surface area contributed by atoms with Crippen LogP contribution in [0, 0.1) is 5.82 Å². The monoisotopic (exact) mass is 429 g/mol. The average Bonchev–Trinajstić information content (AvgIpc) is 2.67. The van der Waals surface area contributed by atoms with Crippen molar-refractivity contribution < 1.29 is 14.3 Å². The van der Waals surface area contributed by atoms with Crippen molar-refractivity contribution >= 4 is 36.4 Å². The molecule has 0 saturated carbocycles. The molecule has 0 aromatic heterocycles. The zero-order valence-electron chi connectivity index (χ0n) is 15.4. The van der Waals surface area contributed by atoms with Gasteiger partial charge >= 0.3 is 0 Å². The number of nitrogens with zero attached hydrogens (tertiary/aromatic N) is 1. The van der Waals surface area contributed by atoms with E-state index in [1.807, 2.05) is 23.1 Å². The van der Waals surface area contributed by atoms with Crippen molar-refractivity contribution in [3.63, 3.8) is 0 Å². The zero-order valence-corrected chi connectivity index (χ0v) is 17.0. The second-order valence-corrected chi connectivity index (χ2v) is 6.61. The quantitative estimate of drug-likeness (QED) is 0.682. The van der Waals surface area contributed by atoms with Crippen molar-refractivity contribution in [3.05, 3.63) is 65.5 Å². The molecule has 1 amide bonds. The molecule has 1 unspecified atom stereocenters. The van der Waals surface area contributed by atoms with Gasteiger partial charge in [0.15, 0.2) is 0 Å². The lowest BCUT2D eigenvalue weighted by molar-refractivity contribution is -0.122. The van der Waals surface area contributed by atoms with E-state index in [-0.39, 0.29) is 49.2 Å². The van der Waals surface area contributed by atoms with Crippen molar-refractivity contribution in [1.29, 1.82) is 0 Å². The fraction of sp³-hybridized carbons (Fsp3) is 0.350. The standard InChI is InChI=1S/C20H24FN3O2.2ClH/c21-17-12-14(6-7-18(17)24-10-8-16(25)9-11-24)13-23-20(26)19(22)15-4-2-1-3-5-15;;/h1-7,12,16,19,25H,8-11,13,22H2,(H,23,26);2*1H. The molecular formula is C20H26Cl2FN3O2. The second kappa shape index (κ2) is 11.2. The second-order valence-electron chi connectivity index (χ2n) is 6.61. The predicted octanol–water partition coefficient (Wildman–Crippen LogP) is 2.95. The summed E-state index contributed by atoms with van der Waals surface area (Å²) < 4.78 is 14.4. The SMILES string of the molecule is Cl.Cl.NC(C(=O)NCc1ccc(N2CCC(O)CC2)c(F)c1)c1ccccc1. The predicted molar refractivity (Wildman–Crippen MR) is 114 cm³/mol. The minimum absolute atomic E-state index is 0. The van der Waals surface area contributed by atoms with Crippen LogP contribution in [0.3, 0.4) is 0 Å². The van der Waals surface area contributed by atoms with Crippen LogP contribution in [-0.2, 0) is 11.3 Å². The molecule has 0 spiro atoms. The smallest absolute Gasteiger partial charge is 0.241 e. The molecule has 0 radical (unpaired) electrons. The highest BCUT2D eigenvalue weighted by Gasteiger charge is 2.20. The third kappa shape index (κ3) is 6.07. The number of nitrogens with one attached hydrogen (secondary N) is 1. The van der Waals surface area contributed by atoms with Crippen LogP contribution in [0.5, 0.6) is 0 Å². The average molecular weight is 430 g/mol. The largest absolute Gasteiger partial charge is 0.393 e. The van der Waals surface area contributed by atoms with Gasteiger partial charge in [0.2, 0.25) is 5.91 Å². The number of hydrogen-bond acceptors (Lipinski definition) is 4. The van der Waals surface area contributed by atoms with Crippen LogP contribution < -0.4 is 16.0 Å². The topological polar surface area (TPSA) is 78.6 Å². The van der Waals surface area contributed by atoms with Crippen LogP contribution in [-0.4, -0.2) is 30.2 Å². The molecule has 1 atom stereocenters. The van der Waals surface area contributed by atoms with Gasteiger partial charge in [-0.25, -0.2) is 4.39 Å². The Bertz CT molecular complexity index is 756. The molecule has 2 aromatic rings. The maximum absolute atomic E-state index is 14.4. The van der Waals surface area contributed by atoms with E-state index in [2.05, 4.69) is 5.32 Å². The third-order valence-corrected chi connectivity index (χ3v) is 4.73. The number of rotatable bonds is 5. The van der Waals surface area contributed by atoms with E-state index >= 15 is 0 Å². The summed E-state index contributed by atoms with van der Waals surface area (Å²) in [5.41, 5.74) is 7.90. The van der Waals surface area contributed by atoms with Crippen LogP contribution in [0.1, 0.15) is 30.0 Å². The molecule has 5 nitrogen and oxygen atoms in total. The Kier molecular flexibility index (Phi) is 9.69. The Morgan fingerprint density at radius 1 is 1.18 bits per heavy atom. The summed E-state index contributed by atoms with van der Waals surface area (Å²) in [6, 6.07) is 13.3. The number of benzene rings is 2. The molecule has 1 saturated heterocycles. The lowest BCUT2D eigenvalue weighted by Crippen LogP contribution is -2.36. The van der Waals surface area contributed by atoms with Crippen molar-refractivity contribution in [2.24, 2.45) is 5.73 Å². The van der Waals surface area contributed by atoms with Gasteiger partial charge in [-0.1, -0.05) is 36.4 Å². The lowest BCUT2D eigenvalue weighted by atomic mass is 10.1. The maximum Gasteiger partial charge on any atom is 0.241 e. The fourth-order valence-electron chi connectivity index (χ4n) is 3.13. The van der Waals surface area contributed by atoms with Gasteiger partial charge < -0.3 is 21.1 Å². The fourth-order valence-corrected chi connectivity index (χ4v) is 3.13. The van der Waals surface area contributed by atoms with E-state index in [1.54, 1.807) is 24.3 Å². The highest BCUT2D eigenvalue weighted by Crippen LogP contribution is 2.24. The normalized spacial score (nSPS) is 15.2. The van der Waals surface area contributed by atoms with Gasteiger partial charge in [-0.15, -0.1) is 24.8 Å². The van der Waals surface area contributed by atoms with E-state index < -0.39 is 6.04 Å². The Balaban J connectivity index is 0.00000196. The molecular weight excluding hydrogens is 404 g/mol. The summed E-state index contributed by atoms with van der Waals surface area (Å²) in [6.07, 6.45) is 1.00. The van der Waals surface area contributed by atoms with Crippen molar-refractivity contribution in [3.8, 4) is 0 Å². The van der Waals surface area contributed by atoms with Crippen LogP contribution >= 0.6 is 24.8 Å². The molecule has 1 fully saturated rings. The number of anilines is 1. The summed E-state index contributed by atoms with van der Waals surface area (Å²) in [5.74, 6) is -0.619. The van der Waals surface area contributed by atoms with Crippen LogP contribution in [0.4, 0.5) is 10.1 Å². The first-order valence-corrected chi connectivity index (χ1v) is 8.84.